The van der Waals surface area contributed by atoms with Crippen LogP contribution in [-0.2, 0) is 4.79 Å². The zero-order valence-electron chi connectivity index (χ0n) is 14.1. The van der Waals surface area contributed by atoms with Gasteiger partial charge in [0.05, 0.1) is 6.04 Å². The summed E-state index contributed by atoms with van der Waals surface area (Å²) in [6.07, 6.45) is 1.43. The molecule has 1 fully saturated rings. The number of hydrogen-bond donors (Lipinski definition) is 5. The quantitative estimate of drug-likeness (QED) is 0.441. The third kappa shape index (κ3) is 4.63. The van der Waals surface area contributed by atoms with Crippen LogP contribution in [0.5, 0.6) is 0 Å². The van der Waals surface area contributed by atoms with E-state index in [0.717, 1.165) is 0 Å². The minimum atomic E-state index is -2.64. The Bertz CT molecular complexity index is 861. The molecule has 9 nitrogen and oxygen atoms in total. The average Bonchev–Trinajstić information content (AvgIpc) is 3.01. The summed E-state index contributed by atoms with van der Waals surface area (Å²) in [7, 11) is 0. The van der Waals surface area contributed by atoms with Crippen LogP contribution >= 0.6 is 15.9 Å². The number of quaternary nitrogens is 1. The van der Waals surface area contributed by atoms with E-state index in [0.29, 0.717) is 23.3 Å². The molecule has 0 atom stereocenters. The Hall–Kier alpha value is -2.47. The first-order valence-corrected chi connectivity index (χ1v) is 8.99. The molecule has 0 bridgehead atoms. The number of anilines is 2. The maximum absolute atomic E-state index is 13.3. The molecular formula is C15H18BrF2N8O+. The molecule has 12 heteroatoms. The van der Waals surface area contributed by atoms with Crippen LogP contribution < -0.4 is 16.4 Å². The van der Waals surface area contributed by atoms with Crippen LogP contribution in [0.15, 0.2) is 17.0 Å². The number of aromatic nitrogens is 4. The number of aromatic amines is 1. The summed E-state index contributed by atoms with van der Waals surface area (Å²) in [5, 5.41) is 18.8. The van der Waals surface area contributed by atoms with Crippen molar-refractivity contribution >= 4 is 45.0 Å². The van der Waals surface area contributed by atoms with Gasteiger partial charge in [0.2, 0.25) is 11.7 Å². The van der Waals surface area contributed by atoms with Crippen LogP contribution in [0.3, 0.4) is 0 Å². The molecule has 7 N–H and O–H groups in total. The molecule has 0 saturated heterocycles. The zero-order valence-corrected chi connectivity index (χ0v) is 15.7. The van der Waals surface area contributed by atoms with Gasteiger partial charge in [0.1, 0.15) is 28.0 Å². The minimum absolute atomic E-state index is 0.0271. The van der Waals surface area contributed by atoms with Crippen molar-refractivity contribution in [3.63, 3.8) is 0 Å². The van der Waals surface area contributed by atoms with Gasteiger partial charge in [-0.25, -0.2) is 13.8 Å². The van der Waals surface area contributed by atoms with Crippen LogP contribution in [0.1, 0.15) is 31.2 Å². The van der Waals surface area contributed by atoms with Crippen molar-refractivity contribution in [2.24, 2.45) is 0 Å². The average molecular weight is 444 g/mol. The first-order chi connectivity index (χ1) is 12.7. The Morgan fingerprint density at radius 2 is 2.11 bits per heavy atom. The van der Waals surface area contributed by atoms with Crippen LogP contribution in [0.2, 0.25) is 0 Å². The third-order valence-electron chi connectivity index (χ3n) is 4.33. The number of carbonyl (C=O) groups excluding carboxylic acids is 1. The highest BCUT2D eigenvalue weighted by Crippen LogP contribution is 2.32. The molecule has 2 aromatic rings. The normalized spacial score (nSPS) is 16.9. The van der Waals surface area contributed by atoms with E-state index in [2.05, 4.69) is 41.4 Å². The molecule has 1 saturated carbocycles. The van der Waals surface area contributed by atoms with Gasteiger partial charge in [-0.2, -0.15) is 10.1 Å². The maximum Gasteiger partial charge on any atom is 0.275 e. The molecule has 1 aliphatic carbocycles. The van der Waals surface area contributed by atoms with E-state index in [1.807, 2.05) is 0 Å². The summed E-state index contributed by atoms with van der Waals surface area (Å²) in [6.45, 7) is 0. The summed E-state index contributed by atoms with van der Waals surface area (Å²) in [5.41, 5.74) is 5.50. The first-order valence-electron chi connectivity index (χ1n) is 8.19. The van der Waals surface area contributed by atoms with Gasteiger partial charge in [-0.15, -0.1) is 0 Å². The molecule has 144 valence electrons. The molecule has 0 spiro atoms. The number of H-pyrrole nitrogens is 1. The largest absolute Gasteiger partial charge is 0.383 e. The SMILES string of the molecule is N=C(C(=O)Nc1cc(Br)[nH]n1)c1c(N)ncnc1[NH2+]C1CCC(F)(F)CC1. The second-order valence-electron chi connectivity index (χ2n) is 6.31. The van der Waals surface area contributed by atoms with E-state index in [9.17, 15) is 13.6 Å². The van der Waals surface area contributed by atoms with E-state index >= 15 is 0 Å². The highest BCUT2D eigenvalue weighted by molar-refractivity contribution is 9.10. The lowest BCUT2D eigenvalue weighted by atomic mass is 9.92. The van der Waals surface area contributed by atoms with Crippen molar-refractivity contribution in [3.05, 3.63) is 22.6 Å². The Balaban J connectivity index is 1.76. The summed E-state index contributed by atoms with van der Waals surface area (Å²) >= 11 is 3.17. The van der Waals surface area contributed by atoms with Gasteiger partial charge in [0.15, 0.2) is 5.82 Å². The fraction of sp³-hybridized carbons (Fsp3) is 0.400. The second-order valence-corrected chi connectivity index (χ2v) is 7.16. The fourth-order valence-corrected chi connectivity index (χ4v) is 3.21. The van der Waals surface area contributed by atoms with E-state index in [4.69, 9.17) is 11.1 Å². The molecular weight excluding hydrogens is 426 g/mol. The Kier molecular flexibility index (Phi) is 5.46. The van der Waals surface area contributed by atoms with Crippen molar-refractivity contribution in [2.75, 3.05) is 11.1 Å². The highest BCUT2D eigenvalue weighted by Gasteiger charge is 2.37. The van der Waals surface area contributed by atoms with Crippen molar-refractivity contribution < 1.29 is 18.9 Å². The number of amides is 1. The van der Waals surface area contributed by atoms with Crippen molar-refractivity contribution in [3.8, 4) is 0 Å². The molecule has 3 rings (SSSR count). The maximum atomic E-state index is 13.3. The van der Waals surface area contributed by atoms with Gasteiger partial charge < -0.3 is 11.1 Å². The highest BCUT2D eigenvalue weighted by atomic mass is 79.9. The lowest BCUT2D eigenvalue weighted by Gasteiger charge is -2.26. The van der Waals surface area contributed by atoms with E-state index in [1.165, 1.54) is 12.4 Å². The zero-order chi connectivity index (χ0) is 19.6. The van der Waals surface area contributed by atoms with Crippen molar-refractivity contribution in [2.45, 2.75) is 37.6 Å². The molecule has 2 aromatic heterocycles. The molecule has 1 amide bonds. The molecule has 2 heterocycles. The number of carbonyl (C=O) groups is 1. The van der Waals surface area contributed by atoms with Crippen molar-refractivity contribution in [1.82, 2.24) is 20.2 Å². The molecule has 0 aliphatic heterocycles. The Morgan fingerprint density at radius 3 is 2.74 bits per heavy atom. The smallest absolute Gasteiger partial charge is 0.275 e. The number of alkyl halides is 2. The number of nitrogens with zero attached hydrogens (tertiary/aromatic N) is 3. The molecule has 27 heavy (non-hydrogen) atoms. The second kappa shape index (κ2) is 7.64. The molecule has 0 unspecified atom stereocenters. The summed E-state index contributed by atoms with van der Waals surface area (Å²) in [5.74, 6) is -2.88. The number of nitrogens with one attached hydrogen (secondary N) is 3. The number of nitrogen functional groups attached to an aromatic ring is 1. The molecule has 0 radical (unpaired) electrons. The number of halogens is 3. The third-order valence-corrected chi connectivity index (χ3v) is 4.73. The topological polar surface area (TPSA) is 150 Å². The van der Waals surface area contributed by atoms with Gasteiger partial charge in [-0.1, -0.05) is 0 Å². The predicted octanol–water partition coefficient (Wildman–Crippen LogP) is 1.32. The van der Waals surface area contributed by atoms with Gasteiger partial charge >= 0.3 is 0 Å². The molecule has 1 aliphatic rings. The Labute approximate surface area is 161 Å². The van der Waals surface area contributed by atoms with Crippen LogP contribution in [-0.4, -0.2) is 43.7 Å². The summed E-state index contributed by atoms with van der Waals surface area (Å²) in [6, 6.07) is 1.40. The van der Waals surface area contributed by atoms with Gasteiger partial charge in [-0.3, -0.25) is 20.6 Å². The first kappa shape index (κ1) is 19.3. The molecule has 0 aromatic carbocycles. The monoisotopic (exact) mass is 443 g/mol. The number of nitrogens with two attached hydrogens (primary N) is 2. The Morgan fingerprint density at radius 1 is 1.41 bits per heavy atom. The van der Waals surface area contributed by atoms with Crippen LogP contribution in [0.25, 0.3) is 0 Å². The van der Waals surface area contributed by atoms with Gasteiger partial charge in [0, 0.05) is 31.7 Å². The van der Waals surface area contributed by atoms with Crippen LogP contribution in [0, 0.1) is 5.41 Å². The lowest BCUT2D eigenvalue weighted by Crippen LogP contribution is -2.86. The van der Waals surface area contributed by atoms with Gasteiger partial charge in [-0.05, 0) is 15.9 Å². The van der Waals surface area contributed by atoms with Gasteiger partial charge in [0.25, 0.3) is 5.91 Å². The lowest BCUT2D eigenvalue weighted by molar-refractivity contribution is -0.619. The summed E-state index contributed by atoms with van der Waals surface area (Å²) in [4.78, 5) is 20.3. The minimum Gasteiger partial charge on any atom is -0.383 e. The van der Waals surface area contributed by atoms with Crippen molar-refractivity contribution in [1.29, 1.82) is 5.41 Å². The fourth-order valence-electron chi connectivity index (χ4n) is 2.90. The summed E-state index contributed by atoms with van der Waals surface area (Å²) < 4.78 is 27.3. The van der Waals surface area contributed by atoms with E-state index in [-0.39, 0.29) is 36.1 Å². The predicted molar refractivity (Wildman–Crippen MR) is 97.0 cm³/mol. The van der Waals surface area contributed by atoms with Crippen LogP contribution in [0.4, 0.5) is 26.2 Å². The van der Waals surface area contributed by atoms with E-state index in [1.54, 1.807) is 5.32 Å². The standard InChI is InChI=1S/C15H17BrF2N8O/c16-8-5-9(26-25-8)24-14(27)11(19)10-12(20)21-6-22-13(10)23-7-1-3-15(17,18)4-2-7/h5-7,19H,1-4H2,(H3,20,21,22,23)(H2,24,25,26,27)/p+1. The number of rotatable bonds is 5. The number of hydrogen-bond acceptors (Lipinski definition) is 6. The van der Waals surface area contributed by atoms with E-state index < -0.39 is 17.5 Å².